The third-order valence-corrected chi connectivity index (χ3v) is 7.52. The quantitative estimate of drug-likeness (QED) is 0.276. The van der Waals surface area contributed by atoms with Gasteiger partial charge in [-0.3, -0.25) is 0 Å². The minimum absolute atomic E-state index is 0.103. The highest BCUT2D eigenvalue weighted by Crippen LogP contribution is 2.20. The second kappa shape index (κ2) is 17.6. The number of allylic oxidation sites excluding steroid dienone is 6. The number of rotatable bonds is 9. The van der Waals surface area contributed by atoms with Gasteiger partial charge in [-0.2, -0.15) is 0 Å². The van der Waals surface area contributed by atoms with Crippen molar-refractivity contribution in [2.24, 2.45) is 0 Å². The van der Waals surface area contributed by atoms with Crippen LogP contribution in [0.3, 0.4) is 0 Å². The summed E-state index contributed by atoms with van der Waals surface area (Å²) in [5.41, 5.74) is 12.4. The van der Waals surface area contributed by atoms with Gasteiger partial charge < -0.3 is 14.5 Å². The van der Waals surface area contributed by atoms with Crippen LogP contribution in [0.4, 0.5) is 0 Å². The molecule has 0 saturated heterocycles. The second-order valence-electron chi connectivity index (χ2n) is 10.9. The van der Waals surface area contributed by atoms with Gasteiger partial charge in [0.25, 0.3) is 0 Å². The van der Waals surface area contributed by atoms with Crippen LogP contribution in [0.5, 0.6) is 18.0 Å². The van der Waals surface area contributed by atoms with Crippen molar-refractivity contribution >= 4 is 0 Å². The van der Waals surface area contributed by atoms with Crippen LogP contribution in [0.15, 0.2) is 35.3 Å². The Hall–Kier alpha value is -2.97. The Kier molecular flexibility index (Phi) is 13.1. The molecule has 4 rings (SSSR count). The predicted octanol–water partition coefficient (Wildman–Crippen LogP) is 7.41. The summed E-state index contributed by atoms with van der Waals surface area (Å²) in [6.45, 7) is 0. The summed E-state index contributed by atoms with van der Waals surface area (Å²) in [5.74, 6) is 0. The summed E-state index contributed by atoms with van der Waals surface area (Å²) in [6, 6.07) is 0.309. The summed E-state index contributed by atoms with van der Waals surface area (Å²) < 4.78 is 0. The molecule has 216 valence electrons. The molecule has 39 heavy (non-hydrogen) atoms. The Bertz CT molecular complexity index is 817. The molecule has 0 fully saturated rings. The SMILES string of the molecule is C1=C(NOc2nc(ONC3=CCCCCCCC3)nc(ONC3=CCCCCCCC3)n2)CCCCCCC1. The van der Waals surface area contributed by atoms with Crippen molar-refractivity contribution < 1.29 is 14.5 Å². The van der Waals surface area contributed by atoms with Crippen molar-refractivity contribution in [3.8, 4) is 18.0 Å². The first kappa shape index (κ1) is 29.0. The number of aromatic nitrogens is 3. The lowest BCUT2D eigenvalue weighted by Crippen LogP contribution is -2.24. The lowest BCUT2D eigenvalue weighted by atomic mass is 10.1. The molecule has 0 spiro atoms. The van der Waals surface area contributed by atoms with Crippen molar-refractivity contribution in [3.63, 3.8) is 0 Å². The van der Waals surface area contributed by atoms with E-state index in [0.717, 1.165) is 74.9 Å². The number of hydrogen-bond donors (Lipinski definition) is 3. The standard InChI is InChI=1S/C30H48N6O3/c1-2-8-14-20-25(19-13-7-1)34-37-28-31-29(38-35-26-21-15-9-3-4-10-16-22-26)33-30(32-28)39-36-27-23-17-11-5-6-12-18-24-27/h19,21,23,34-36H,1-18,20,22,24H2. The smallest absolute Gasteiger partial charge is 0.340 e. The minimum atomic E-state index is 0.103. The van der Waals surface area contributed by atoms with E-state index in [4.69, 9.17) is 14.5 Å². The lowest BCUT2D eigenvalue weighted by Gasteiger charge is -2.14. The Labute approximate surface area is 234 Å². The number of nitrogens with one attached hydrogen (secondary N) is 3. The van der Waals surface area contributed by atoms with Crippen molar-refractivity contribution in [2.75, 3.05) is 0 Å². The van der Waals surface area contributed by atoms with Crippen molar-refractivity contribution in [2.45, 2.75) is 135 Å². The minimum Gasteiger partial charge on any atom is -0.340 e. The topological polar surface area (TPSA) is 102 Å². The summed E-state index contributed by atoms with van der Waals surface area (Å²) in [6.07, 6.45) is 31.1. The van der Waals surface area contributed by atoms with Crippen molar-refractivity contribution in [1.29, 1.82) is 0 Å². The molecule has 3 N–H and O–H groups in total. The largest absolute Gasteiger partial charge is 0.352 e. The summed E-state index contributed by atoms with van der Waals surface area (Å²) in [7, 11) is 0. The monoisotopic (exact) mass is 540 g/mol. The lowest BCUT2D eigenvalue weighted by molar-refractivity contribution is 0.155. The fourth-order valence-electron chi connectivity index (χ4n) is 5.17. The average Bonchev–Trinajstić information content (AvgIpc) is 3.25. The fraction of sp³-hybridized carbons (Fsp3) is 0.700. The first-order chi connectivity index (χ1) is 19.3. The van der Waals surface area contributed by atoms with Gasteiger partial charge in [-0.1, -0.05) is 76.0 Å². The molecule has 0 bridgehead atoms. The molecule has 0 aliphatic heterocycles. The van der Waals surface area contributed by atoms with Crippen LogP contribution in [0.1, 0.15) is 135 Å². The maximum atomic E-state index is 5.83. The van der Waals surface area contributed by atoms with E-state index in [0.29, 0.717) is 0 Å². The van der Waals surface area contributed by atoms with E-state index < -0.39 is 0 Å². The molecule has 9 heteroatoms. The van der Waals surface area contributed by atoms with Gasteiger partial charge in [0.2, 0.25) is 0 Å². The molecule has 0 amide bonds. The highest BCUT2D eigenvalue weighted by molar-refractivity contribution is 5.11. The first-order valence-corrected chi connectivity index (χ1v) is 15.5. The normalized spacial score (nSPS) is 20.2. The van der Waals surface area contributed by atoms with Crippen LogP contribution in [0.25, 0.3) is 0 Å². The van der Waals surface area contributed by atoms with Gasteiger partial charge in [0.05, 0.1) is 0 Å². The fourth-order valence-corrected chi connectivity index (χ4v) is 5.17. The zero-order valence-electron chi connectivity index (χ0n) is 23.6. The molecule has 1 aromatic heterocycles. The van der Waals surface area contributed by atoms with Gasteiger partial charge in [0, 0.05) is 17.1 Å². The number of nitrogens with zero attached hydrogens (tertiary/aromatic N) is 3. The molecule has 0 atom stereocenters. The average molecular weight is 541 g/mol. The zero-order valence-corrected chi connectivity index (χ0v) is 23.6. The van der Waals surface area contributed by atoms with Crippen molar-refractivity contribution in [1.82, 2.24) is 31.4 Å². The molecule has 0 saturated carbocycles. The van der Waals surface area contributed by atoms with E-state index in [2.05, 4.69) is 49.6 Å². The highest BCUT2D eigenvalue weighted by atomic mass is 16.7. The van der Waals surface area contributed by atoms with Gasteiger partial charge in [0.15, 0.2) is 0 Å². The molecule has 1 heterocycles. The molecule has 3 aliphatic rings. The summed E-state index contributed by atoms with van der Waals surface area (Å²) in [5, 5.41) is 0. The number of hydrogen-bond acceptors (Lipinski definition) is 9. The molecule has 3 aliphatic carbocycles. The molecule has 1 aromatic rings. The maximum absolute atomic E-state index is 5.83. The van der Waals surface area contributed by atoms with Crippen LogP contribution in [-0.2, 0) is 0 Å². The number of hydroxylamine groups is 3. The van der Waals surface area contributed by atoms with Crippen LogP contribution < -0.4 is 31.0 Å². The van der Waals surface area contributed by atoms with E-state index in [1.807, 2.05) is 0 Å². The van der Waals surface area contributed by atoms with Crippen LogP contribution >= 0.6 is 0 Å². The van der Waals surface area contributed by atoms with E-state index in [1.54, 1.807) is 0 Å². The van der Waals surface area contributed by atoms with E-state index in [1.165, 1.54) is 77.0 Å². The maximum Gasteiger partial charge on any atom is 0.352 e. The molecular weight excluding hydrogens is 492 g/mol. The van der Waals surface area contributed by atoms with Gasteiger partial charge in [-0.05, 0) is 77.0 Å². The second-order valence-corrected chi connectivity index (χ2v) is 10.9. The van der Waals surface area contributed by atoms with Crippen LogP contribution in [-0.4, -0.2) is 15.0 Å². The van der Waals surface area contributed by atoms with Crippen LogP contribution in [0.2, 0.25) is 0 Å². The Morgan fingerprint density at radius 1 is 0.385 bits per heavy atom. The molecular formula is C30H48N6O3. The summed E-state index contributed by atoms with van der Waals surface area (Å²) in [4.78, 5) is 30.7. The van der Waals surface area contributed by atoms with Crippen molar-refractivity contribution in [3.05, 3.63) is 35.3 Å². The Morgan fingerprint density at radius 3 is 1.00 bits per heavy atom. The van der Waals surface area contributed by atoms with E-state index in [-0.39, 0.29) is 18.0 Å². The zero-order chi connectivity index (χ0) is 26.8. The van der Waals surface area contributed by atoms with Gasteiger partial charge in [0.1, 0.15) is 0 Å². The van der Waals surface area contributed by atoms with E-state index in [9.17, 15) is 0 Å². The predicted molar refractivity (Wildman–Crippen MR) is 152 cm³/mol. The molecule has 0 aromatic carbocycles. The Balaban J connectivity index is 1.42. The first-order valence-electron chi connectivity index (χ1n) is 15.5. The molecule has 0 unspecified atom stereocenters. The van der Waals surface area contributed by atoms with Gasteiger partial charge in [-0.15, -0.1) is 15.0 Å². The van der Waals surface area contributed by atoms with Gasteiger partial charge >= 0.3 is 18.0 Å². The molecule has 9 nitrogen and oxygen atoms in total. The molecule has 0 radical (unpaired) electrons. The van der Waals surface area contributed by atoms with Gasteiger partial charge in [-0.25, -0.2) is 16.4 Å². The van der Waals surface area contributed by atoms with Crippen LogP contribution in [0, 0.1) is 0 Å². The third-order valence-electron chi connectivity index (χ3n) is 7.52. The third kappa shape index (κ3) is 11.8. The Morgan fingerprint density at radius 2 is 0.667 bits per heavy atom. The van der Waals surface area contributed by atoms with E-state index >= 15 is 0 Å². The summed E-state index contributed by atoms with van der Waals surface area (Å²) >= 11 is 0. The highest BCUT2D eigenvalue weighted by Gasteiger charge is 2.14.